The third-order valence-electron chi connectivity index (χ3n) is 2.61. The lowest BCUT2D eigenvalue weighted by Gasteiger charge is -2.10. The minimum Gasteiger partial charge on any atom is -0.393 e. The Hall–Kier alpha value is -0.920. The first-order valence-corrected chi connectivity index (χ1v) is 7.02. The van der Waals surface area contributed by atoms with Crippen molar-refractivity contribution in [1.29, 1.82) is 0 Å². The Labute approximate surface area is 120 Å². The lowest BCUT2D eigenvalue weighted by molar-refractivity contribution is 0.181. The highest BCUT2D eigenvalue weighted by atomic mass is 79.9. The Morgan fingerprint density at radius 3 is 3.00 bits per heavy atom. The van der Waals surface area contributed by atoms with Gasteiger partial charge in [-0.25, -0.2) is 4.68 Å². The molecule has 0 spiro atoms. The molecule has 1 rings (SSSR count). The van der Waals surface area contributed by atoms with Crippen molar-refractivity contribution in [2.24, 2.45) is 0 Å². The summed E-state index contributed by atoms with van der Waals surface area (Å²) in [5.41, 5.74) is 0.488. The van der Waals surface area contributed by atoms with Gasteiger partial charge in [-0.2, -0.15) is 5.10 Å². The van der Waals surface area contributed by atoms with Crippen LogP contribution < -0.4 is 10.9 Å². The van der Waals surface area contributed by atoms with Crippen molar-refractivity contribution in [3.8, 4) is 0 Å². The molecule has 1 aromatic heterocycles. The number of nitrogens with zero attached hydrogens (tertiary/aromatic N) is 2. The summed E-state index contributed by atoms with van der Waals surface area (Å²) >= 11 is 3.28. The minimum atomic E-state index is -0.301. The van der Waals surface area contributed by atoms with E-state index in [0.29, 0.717) is 29.9 Å². The van der Waals surface area contributed by atoms with E-state index < -0.39 is 0 Å². The second kappa shape index (κ2) is 8.29. The number of hydrogen-bond acceptors (Lipinski definition) is 5. The Kier molecular flexibility index (Phi) is 7.04. The van der Waals surface area contributed by atoms with Gasteiger partial charge in [0.2, 0.25) is 0 Å². The van der Waals surface area contributed by atoms with Crippen LogP contribution in [0.15, 0.2) is 15.5 Å². The van der Waals surface area contributed by atoms with Crippen LogP contribution in [0.3, 0.4) is 0 Å². The fourth-order valence-electron chi connectivity index (χ4n) is 1.55. The molecular formula is C12H20BrN3O3. The Morgan fingerprint density at radius 1 is 1.63 bits per heavy atom. The number of rotatable bonds is 8. The molecule has 0 bridgehead atoms. The number of anilines is 1. The highest BCUT2D eigenvalue weighted by Crippen LogP contribution is 2.16. The summed E-state index contributed by atoms with van der Waals surface area (Å²) in [5.74, 6) is 0. The van der Waals surface area contributed by atoms with Crippen molar-refractivity contribution in [2.75, 3.05) is 25.6 Å². The molecule has 0 fully saturated rings. The fourth-order valence-corrected chi connectivity index (χ4v) is 1.99. The number of aliphatic hydroxyl groups excluding tert-OH is 1. The average molecular weight is 334 g/mol. The normalized spacial score (nSPS) is 12.4. The monoisotopic (exact) mass is 333 g/mol. The second-order valence-corrected chi connectivity index (χ2v) is 5.10. The number of aliphatic hydroxyl groups is 1. The van der Waals surface area contributed by atoms with Gasteiger partial charge in [-0.15, -0.1) is 0 Å². The lowest BCUT2D eigenvalue weighted by Crippen LogP contribution is -2.26. The van der Waals surface area contributed by atoms with Crippen molar-refractivity contribution in [3.63, 3.8) is 0 Å². The number of hydrogen-bond donors (Lipinski definition) is 2. The molecule has 7 heteroatoms. The van der Waals surface area contributed by atoms with E-state index in [-0.39, 0.29) is 11.7 Å². The molecule has 0 saturated heterocycles. The smallest absolute Gasteiger partial charge is 0.283 e. The Bertz CT molecular complexity index is 448. The molecule has 19 heavy (non-hydrogen) atoms. The van der Waals surface area contributed by atoms with Crippen LogP contribution in [0.5, 0.6) is 0 Å². The summed E-state index contributed by atoms with van der Waals surface area (Å²) in [4.78, 5) is 12.0. The molecule has 0 saturated carbocycles. The average Bonchev–Trinajstić information content (AvgIpc) is 2.38. The van der Waals surface area contributed by atoms with Crippen LogP contribution in [0.2, 0.25) is 0 Å². The number of halogens is 1. The summed E-state index contributed by atoms with van der Waals surface area (Å²) in [6, 6.07) is 0. The first-order chi connectivity index (χ1) is 9.06. The van der Waals surface area contributed by atoms with E-state index in [1.165, 1.54) is 4.68 Å². The van der Waals surface area contributed by atoms with E-state index in [4.69, 9.17) is 9.84 Å². The van der Waals surface area contributed by atoms with Crippen molar-refractivity contribution >= 4 is 21.6 Å². The zero-order valence-corrected chi connectivity index (χ0v) is 12.8. The number of methoxy groups -OCH3 is 1. The maximum absolute atomic E-state index is 12.0. The van der Waals surface area contributed by atoms with E-state index in [1.54, 1.807) is 20.2 Å². The van der Waals surface area contributed by atoms with Gasteiger partial charge >= 0.3 is 0 Å². The van der Waals surface area contributed by atoms with Crippen LogP contribution in [0.25, 0.3) is 0 Å². The second-order valence-electron chi connectivity index (χ2n) is 4.31. The maximum Gasteiger partial charge on any atom is 0.283 e. The summed E-state index contributed by atoms with van der Waals surface area (Å²) < 4.78 is 6.74. The van der Waals surface area contributed by atoms with Gasteiger partial charge in [-0.3, -0.25) is 4.79 Å². The van der Waals surface area contributed by atoms with Crippen molar-refractivity contribution < 1.29 is 9.84 Å². The third-order valence-corrected chi connectivity index (χ3v) is 3.37. The standard InChI is InChI=1S/C12H20BrN3O3/c1-9(17)4-3-5-14-10-8-15-16(6-7-19-2)12(18)11(10)13/h8-9,14,17H,3-7H2,1-2H3. The van der Waals surface area contributed by atoms with E-state index in [1.807, 2.05) is 0 Å². The SMILES string of the molecule is COCCn1ncc(NCCCC(C)O)c(Br)c1=O. The predicted molar refractivity (Wildman–Crippen MR) is 77.5 cm³/mol. The zero-order valence-electron chi connectivity index (χ0n) is 11.2. The van der Waals surface area contributed by atoms with Crippen molar-refractivity contribution in [1.82, 2.24) is 9.78 Å². The van der Waals surface area contributed by atoms with Crippen molar-refractivity contribution in [3.05, 3.63) is 21.0 Å². The zero-order chi connectivity index (χ0) is 14.3. The van der Waals surface area contributed by atoms with E-state index >= 15 is 0 Å². The molecule has 0 aliphatic carbocycles. The van der Waals surface area contributed by atoms with Gasteiger partial charge in [0.15, 0.2) is 0 Å². The highest BCUT2D eigenvalue weighted by Gasteiger charge is 2.08. The molecule has 0 radical (unpaired) electrons. The van der Waals surface area contributed by atoms with Gasteiger partial charge in [0.25, 0.3) is 5.56 Å². The first kappa shape index (κ1) is 16.1. The van der Waals surface area contributed by atoms with Crippen LogP contribution in [-0.4, -0.2) is 41.3 Å². The minimum absolute atomic E-state index is 0.183. The predicted octanol–water partition coefficient (Wildman–Crippen LogP) is 1.23. The summed E-state index contributed by atoms with van der Waals surface area (Å²) in [6.45, 7) is 3.32. The number of nitrogens with one attached hydrogen (secondary N) is 1. The Morgan fingerprint density at radius 2 is 2.37 bits per heavy atom. The molecule has 0 aliphatic heterocycles. The number of aromatic nitrogens is 2. The van der Waals surface area contributed by atoms with Gasteiger partial charge < -0.3 is 15.2 Å². The first-order valence-electron chi connectivity index (χ1n) is 6.22. The summed E-state index contributed by atoms with van der Waals surface area (Å²) in [7, 11) is 1.58. The molecule has 1 unspecified atom stereocenters. The molecule has 0 aliphatic rings. The van der Waals surface area contributed by atoms with Crippen LogP contribution >= 0.6 is 15.9 Å². The van der Waals surface area contributed by atoms with Gasteiger partial charge in [-0.05, 0) is 35.7 Å². The molecule has 6 nitrogen and oxygen atoms in total. The summed E-state index contributed by atoms with van der Waals surface area (Å²) in [5, 5.41) is 16.4. The molecule has 1 atom stereocenters. The van der Waals surface area contributed by atoms with E-state index in [2.05, 4.69) is 26.3 Å². The highest BCUT2D eigenvalue weighted by molar-refractivity contribution is 9.10. The van der Waals surface area contributed by atoms with Gasteiger partial charge in [0.1, 0.15) is 4.47 Å². The molecule has 108 valence electrons. The lowest BCUT2D eigenvalue weighted by atomic mass is 10.2. The largest absolute Gasteiger partial charge is 0.393 e. The van der Waals surface area contributed by atoms with Crippen LogP contribution in [0.4, 0.5) is 5.69 Å². The van der Waals surface area contributed by atoms with Gasteiger partial charge in [-0.1, -0.05) is 0 Å². The molecule has 1 heterocycles. The topological polar surface area (TPSA) is 76.4 Å². The molecule has 0 aromatic carbocycles. The van der Waals surface area contributed by atoms with Crippen LogP contribution in [0.1, 0.15) is 19.8 Å². The van der Waals surface area contributed by atoms with Crippen LogP contribution in [-0.2, 0) is 11.3 Å². The van der Waals surface area contributed by atoms with Gasteiger partial charge in [0.05, 0.1) is 31.1 Å². The quantitative estimate of drug-likeness (QED) is 0.699. The third kappa shape index (κ3) is 5.30. The van der Waals surface area contributed by atoms with Crippen molar-refractivity contribution in [2.45, 2.75) is 32.4 Å². The fraction of sp³-hybridized carbons (Fsp3) is 0.667. The molecule has 0 amide bonds. The number of ether oxygens (including phenoxy) is 1. The summed E-state index contributed by atoms with van der Waals surface area (Å²) in [6.07, 6.45) is 2.87. The van der Waals surface area contributed by atoms with E-state index in [0.717, 1.165) is 12.8 Å². The van der Waals surface area contributed by atoms with E-state index in [9.17, 15) is 4.79 Å². The van der Waals surface area contributed by atoms with Gasteiger partial charge in [0, 0.05) is 13.7 Å². The molecule has 1 aromatic rings. The molecular weight excluding hydrogens is 314 g/mol. The maximum atomic E-state index is 12.0. The molecule has 2 N–H and O–H groups in total. The Balaban J connectivity index is 2.61. The van der Waals surface area contributed by atoms with Crippen LogP contribution in [0, 0.1) is 0 Å².